The lowest BCUT2D eigenvalue weighted by Gasteiger charge is -2.27. The van der Waals surface area contributed by atoms with Gasteiger partial charge in [-0.3, -0.25) is 14.9 Å². The number of aryl methyl sites for hydroxylation is 1. The van der Waals surface area contributed by atoms with Crippen molar-refractivity contribution >= 4 is 16.8 Å². The van der Waals surface area contributed by atoms with Crippen molar-refractivity contribution in [2.45, 2.75) is 32.9 Å². The molecule has 0 radical (unpaired) electrons. The Morgan fingerprint density at radius 1 is 1.40 bits per heavy atom. The highest BCUT2D eigenvalue weighted by atomic mass is 16.5. The number of H-pyrrole nitrogens is 1. The minimum Gasteiger partial charge on any atom is -0.374 e. The molecule has 0 fully saturated rings. The predicted molar refractivity (Wildman–Crippen MR) is 94.9 cm³/mol. The van der Waals surface area contributed by atoms with Crippen molar-refractivity contribution in [3.05, 3.63) is 47.4 Å². The molecule has 1 unspecified atom stereocenters. The van der Waals surface area contributed by atoms with Crippen LogP contribution in [0.4, 0.5) is 0 Å². The van der Waals surface area contributed by atoms with Crippen LogP contribution in [0.3, 0.4) is 0 Å². The van der Waals surface area contributed by atoms with E-state index in [1.54, 1.807) is 0 Å². The first-order valence-corrected chi connectivity index (χ1v) is 8.46. The van der Waals surface area contributed by atoms with Gasteiger partial charge in [0.25, 0.3) is 0 Å². The molecule has 4 rings (SSSR count). The molecule has 6 nitrogen and oxygen atoms in total. The molecule has 1 atom stereocenters. The van der Waals surface area contributed by atoms with Crippen LogP contribution in [0.5, 0.6) is 0 Å². The van der Waals surface area contributed by atoms with E-state index in [1.807, 2.05) is 32.3 Å². The summed E-state index contributed by atoms with van der Waals surface area (Å²) >= 11 is 0. The first kappa shape index (κ1) is 15.8. The first-order chi connectivity index (χ1) is 12.2. The molecule has 1 amide bonds. The van der Waals surface area contributed by atoms with Gasteiger partial charge in [-0.15, -0.1) is 0 Å². The van der Waals surface area contributed by atoms with Crippen molar-refractivity contribution < 1.29 is 9.53 Å². The third kappa shape index (κ3) is 2.78. The van der Waals surface area contributed by atoms with Gasteiger partial charge in [-0.05, 0) is 30.2 Å². The van der Waals surface area contributed by atoms with Crippen LogP contribution in [0.2, 0.25) is 0 Å². The molecule has 0 bridgehead atoms. The lowest BCUT2D eigenvalue weighted by molar-refractivity contribution is -0.122. The van der Waals surface area contributed by atoms with Crippen LogP contribution in [0.15, 0.2) is 30.6 Å². The highest BCUT2D eigenvalue weighted by Crippen LogP contribution is 2.34. The largest absolute Gasteiger partial charge is 0.374 e. The second-order valence-corrected chi connectivity index (χ2v) is 6.31. The van der Waals surface area contributed by atoms with E-state index in [9.17, 15) is 4.79 Å². The van der Waals surface area contributed by atoms with Crippen molar-refractivity contribution in [1.82, 2.24) is 20.5 Å². The first-order valence-electron chi connectivity index (χ1n) is 8.46. The average Bonchev–Trinajstić information content (AvgIpc) is 3.02. The van der Waals surface area contributed by atoms with Gasteiger partial charge in [0.05, 0.1) is 30.5 Å². The van der Waals surface area contributed by atoms with Crippen molar-refractivity contribution in [3.8, 4) is 11.1 Å². The molecule has 25 heavy (non-hydrogen) atoms. The molecule has 6 heteroatoms. The molecule has 1 aliphatic heterocycles. The molecule has 0 spiro atoms. The van der Waals surface area contributed by atoms with Crippen LogP contribution in [0.25, 0.3) is 22.0 Å². The van der Waals surface area contributed by atoms with E-state index in [2.05, 4.69) is 32.6 Å². The van der Waals surface area contributed by atoms with Crippen LogP contribution < -0.4 is 5.32 Å². The zero-order chi connectivity index (χ0) is 17.4. The minimum atomic E-state index is -0.150. The smallest absolute Gasteiger partial charge is 0.220 e. The molecular weight excluding hydrogens is 316 g/mol. The Labute approximate surface area is 145 Å². The number of benzene rings is 1. The second-order valence-electron chi connectivity index (χ2n) is 6.31. The minimum absolute atomic E-state index is 0.0160. The molecule has 1 aliphatic rings. The Bertz CT molecular complexity index is 948. The number of hydrogen-bond donors (Lipinski definition) is 2. The monoisotopic (exact) mass is 336 g/mol. The molecular formula is C19H20N4O2. The van der Waals surface area contributed by atoms with E-state index in [1.165, 1.54) is 0 Å². The quantitative estimate of drug-likeness (QED) is 0.770. The highest BCUT2D eigenvalue weighted by molar-refractivity contribution is 5.87. The number of fused-ring (bicyclic) bond motifs is 2. The highest BCUT2D eigenvalue weighted by Gasteiger charge is 2.25. The summed E-state index contributed by atoms with van der Waals surface area (Å²) < 4.78 is 5.75. The summed E-state index contributed by atoms with van der Waals surface area (Å²) in [7, 11) is 0. The van der Waals surface area contributed by atoms with Crippen LogP contribution in [-0.4, -0.2) is 27.7 Å². The maximum absolute atomic E-state index is 11.8. The lowest BCUT2D eigenvalue weighted by Crippen LogP contribution is -2.34. The van der Waals surface area contributed by atoms with Crippen LogP contribution in [0, 0.1) is 6.92 Å². The number of amides is 1. The van der Waals surface area contributed by atoms with Gasteiger partial charge in [-0.2, -0.15) is 5.10 Å². The van der Waals surface area contributed by atoms with E-state index < -0.39 is 0 Å². The van der Waals surface area contributed by atoms with Crippen molar-refractivity contribution in [2.75, 3.05) is 6.61 Å². The van der Waals surface area contributed by atoms with Crippen molar-refractivity contribution in [1.29, 1.82) is 0 Å². The zero-order valence-corrected chi connectivity index (χ0v) is 14.3. The summed E-state index contributed by atoms with van der Waals surface area (Å²) in [5.74, 6) is 0.0160. The number of pyridine rings is 1. The van der Waals surface area contributed by atoms with E-state index in [4.69, 9.17) is 4.74 Å². The summed E-state index contributed by atoms with van der Waals surface area (Å²) in [6.07, 6.45) is 4.15. The molecule has 2 aromatic heterocycles. The Morgan fingerprint density at radius 3 is 3.12 bits per heavy atom. The summed E-state index contributed by atoms with van der Waals surface area (Å²) in [6, 6.07) is 6.07. The van der Waals surface area contributed by atoms with Crippen LogP contribution in [0.1, 0.15) is 36.2 Å². The number of aromatic nitrogens is 3. The number of nitrogens with one attached hydrogen (secondary N) is 2. The number of carbonyl (C=O) groups excluding carboxylic acids is 1. The Hall–Kier alpha value is -2.73. The fourth-order valence-corrected chi connectivity index (χ4v) is 3.31. The number of rotatable bonds is 3. The molecule has 3 aromatic rings. The zero-order valence-electron chi connectivity index (χ0n) is 14.3. The number of carbonyl (C=O) groups is 1. The van der Waals surface area contributed by atoms with Gasteiger partial charge in [0.1, 0.15) is 0 Å². The van der Waals surface area contributed by atoms with Crippen LogP contribution >= 0.6 is 0 Å². The number of hydrogen-bond acceptors (Lipinski definition) is 4. The van der Waals surface area contributed by atoms with E-state index >= 15 is 0 Å². The molecule has 128 valence electrons. The average molecular weight is 336 g/mol. The number of aromatic amines is 1. The maximum atomic E-state index is 11.8. The predicted octanol–water partition coefficient (Wildman–Crippen LogP) is 3.03. The summed E-state index contributed by atoms with van der Waals surface area (Å²) in [5.41, 5.74) is 6.22. The number of nitrogens with zero attached hydrogens (tertiary/aromatic N) is 2. The topological polar surface area (TPSA) is 79.9 Å². The van der Waals surface area contributed by atoms with E-state index in [0.717, 1.165) is 38.9 Å². The van der Waals surface area contributed by atoms with Gasteiger partial charge in [-0.1, -0.05) is 13.0 Å². The third-order valence-corrected chi connectivity index (χ3v) is 4.72. The molecule has 1 aromatic carbocycles. The van der Waals surface area contributed by atoms with Gasteiger partial charge >= 0.3 is 0 Å². The SMILES string of the molecule is CCC(=O)NC1COCc2c(-c3ccc4[nH]nc(C)c4c3)cncc21. The Kier molecular flexibility index (Phi) is 3.97. The normalized spacial score (nSPS) is 16.6. The van der Waals surface area contributed by atoms with Gasteiger partial charge in [-0.25, -0.2) is 0 Å². The third-order valence-electron chi connectivity index (χ3n) is 4.72. The van der Waals surface area contributed by atoms with Crippen molar-refractivity contribution in [2.24, 2.45) is 0 Å². The molecule has 0 aliphatic carbocycles. The van der Waals surface area contributed by atoms with E-state index in [0.29, 0.717) is 19.6 Å². The van der Waals surface area contributed by atoms with Gasteiger partial charge in [0, 0.05) is 35.3 Å². The van der Waals surface area contributed by atoms with Crippen LogP contribution in [-0.2, 0) is 16.1 Å². The Morgan fingerprint density at radius 2 is 2.28 bits per heavy atom. The number of ether oxygens (including phenoxy) is 1. The lowest BCUT2D eigenvalue weighted by atomic mass is 9.93. The molecule has 0 saturated heterocycles. The van der Waals surface area contributed by atoms with Crippen molar-refractivity contribution in [3.63, 3.8) is 0 Å². The standard InChI is InChI=1S/C19H20N4O2/c1-3-19(24)21-18-10-25-9-16-14(7-20-8-15(16)18)12-4-5-17-13(6-12)11(2)22-23-17/h4-8,18H,3,9-10H2,1-2H3,(H,21,24)(H,22,23). The summed E-state index contributed by atoms with van der Waals surface area (Å²) in [5, 5.41) is 11.4. The molecule has 3 heterocycles. The van der Waals surface area contributed by atoms with Gasteiger partial charge in [0.2, 0.25) is 5.91 Å². The summed E-state index contributed by atoms with van der Waals surface area (Å²) in [6.45, 7) is 4.83. The Balaban J connectivity index is 1.79. The van der Waals surface area contributed by atoms with E-state index in [-0.39, 0.29) is 11.9 Å². The molecule has 2 N–H and O–H groups in total. The van der Waals surface area contributed by atoms with Gasteiger partial charge in [0.15, 0.2) is 0 Å². The second kappa shape index (κ2) is 6.29. The maximum Gasteiger partial charge on any atom is 0.220 e. The fourth-order valence-electron chi connectivity index (χ4n) is 3.31. The van der Waals surface area contributed by atoms with Gasteiger partial charge < -0.3 is 10.1 Å². The fraction of sp³-hybridized carbons (Fsp3) is 0.316. The molecule has 0 saturated carbocycles. The summed E-state index contributed by atoms with van der Waals surface area (Å²) in [4.78, 5) is 16.2.